The van der Waals surface area contributed by atoms with E-state index in [1.54, 1.807) is 37.3 Å². The van der Waals surface area contributed by atoms with Crippen LogP contribution in [0.4, 0.5) is 5.69 Å². The molecule has 40 heavy (non-hydrogen) atoms. The maximum Gasteiger partial charge on any atom is 0.244 e. The lowest BCUT2D eigenvalue weighted by molar-refractivity contribution is -0.140. The van der Waals surface area contributed by atoms with E-state index in [4.69, 9.17) is 23.2 Å². The van der Waals surface area contributed by atoms with E-state index in [9.17, 15) is 18.0 Å². The molecule has 0 aliphatic rings. The number of sulfonamides is 1. The molecule has 0 aliphatic heterocycles. The maximum absolute atomic E-state index is 14.1. The van der Waals surface area contributed by atoms with Crippen LogP contribution in [-0.4, -0.2) is 50.5 Å². The smallest absolute Gasteiger partial charge is 0.244 e. The van der Waals surface area contributed by atoms with Gasteiger partial charge >= 0.3 is 0 Å². The zero-order valence-corrected chi connectivity index (χ0v) is 25.4. The quantitative estimate of drug-likeness (QED) is 0.297. The van der Waals surface area contributed by atoms with Gasteiger partial charge in [0.15, 0.2) is 0 Å². The van der Waals surface area contributed by atoms with Crippen LogP contribution in [0.2, 0.25) is 10.0 Å². The summed E-state index contributed by atoms with van der Waals surface area (Å²) in [5, 5.41) is 3.79. The van der Waals surface area contributed by atoms with Crippen molar-refractivity contribution in [2.24, 2.45) is 5.92 Å². The van der Waals surface area contributed by atoms with Gasteiger partial charge in [-0.2, -0.15) is 0 Å². The summed E-state index contributed by atoms with van der Waals surface area (Å²) in [6.07, 6.45) is 1.28. The van der Waals surface area contributed by atoms with Crippen molar-refractivity contribution in [3.8, 4) is 0 Å². The number of amides is 2. The first-order chi connectivity index (χ1) is 18.8. The molecule has 1 N–H and O–H groups in total. The van der Waals surface area contributed by atoms with Gasteiger partial charge in [-0.15, -0.1) is 0 Å². The molecule has 7 nitrogen and oxygen atoms in total. The van der Waals surface area contributed by atoms with E-state index in [1.165, 1.54) is 11.0 Å². The van der Waals surface area contributed by atoms with E-state index in [-0.39, 0.29) is 24.8 Å². The van der Waals surface area contributed by atoms with Crippen LogP contribution in [0.15, 0.2) is 72.8 Å². The fourth-order valence-electron chi connectivity index (χ4n) is 4.25. The van der Waals surface area contributed by atoms with Crippen molar-refractivity contribution in [2.75, 3.05) is 23.7 Å². The first-order valence-electron chi connectivity index (χ1n) is 12.9. The Morgan fingerprint density at radius 3 is 2.17 bits per heavy atom. The summed E-state index contributed by atoms with van der Waals surface area (Å²) in [5.41, 5.74) is 2.51. The normalized spacial score (nSPS) is 12.2. The van der Waals surface area contributed by atoms with Crippen LogP contribution in [0.5, 0.6) is 0 Å². The van der Waals surface area contributed by atoms with Crippen LogP contribution in [-0.2, 0) is 32.6 Å². The average Bonchev–Trinajstić information content (AvgIpc) is 2.89. The molecule has 2 amide bonds. The van der Waals surface area contributed by atoms with Crippen molar-refractivity contribution in [2.45, 2.75) is 39.8 Å². The van der Waals surface area contributed by atoms with Gasteiger partial charge in [0, 0.05) is 29.6 Å². The molecule has 0 heterocycles. The summed E-state index contributed by atoms with van der Waals surface area (Å²) in [4.78, 5) is 29.2. The molecule has 10 heteroatoms. The van der Waals surface area contributed by atoms with Crippen molar-refractivity contribution in [1.82, 2.24) is 10.2 Å². The van der Waals surface area contributed by atoms with Gasteiger partial charge in [-0.25, -0.2) is 8.42 Å². The number of hydrogen-bond donors (Lipinski definition) is 1. The molecule has 3 aromatic carbocycles. The van der Waals surface area contributed by atoms with Crippen LogP contribution in [0.3, 0.4) is 0 Å². The Morgan fingerprint density at radius 2 is 1.55 bits per heavy atom. The molecule has 0 spiro atoms. The second kappa shape index (κ2) is 14.0. The highest BCUT2D eigenvalue weighted by atomic mass is 35.5. The minimum absolute atomic E-state index is 0.0537. The number of carbonyl (C=O) groups is 2. The number of nitrogens with one attached hydrogen (secondary N) is 1. The fourth-order valence-corrected chi connectivity index (χ4v) is 5.53. The van der Waals surface area contributed by atoms with Gasteiger partial charge in [0.2, 0.25) is 21.8 Å². The summed E-state index contributed by atoms with van der Waals surface area (Å²) in [7, 11) is -3.89. The molecule has 0 radical (unpaired) electrons. The van der Waals surface area contributed by atoms with E-state index >= 15 is 0 Å². The molecule has 0 aliphatic carbocycles. The van der Waals surface area contributed by atoms with E-state index in [1.807, 2.05) is 50.2 Å². The topological polar surface area (TPSA) is 86.8 Å². The number of halogens is 2. The van der Waals surface area contributed by atoms with Gasteiger partial charge in [-0.3, -0.25) is 13.9 Å². The third-order valence-corrected chi connectivity index (χ3v) is 7.91. The largest absolute Gasteiger partial charge is 0.354 e. The van der Waals surface area contributed by atoms with E-state index in [2.05, 4.69) is 5.32 Å². The first-order valence-corrected chi connectivity index (χ1v) is 15.5. The monoisotopic (exact) mass is 603 g/mol. The molecule has 0 aromatic heterocycles. The number of hydrogen-bond acceptors (Lipinski definition) is 4. The predicted octanol–water partition coefficient (Wildman–Crippen LogP) is 5.48. The molecule has 214 valence electrons. The molecule has 0 saturated heterocycles. The Bertz CT molecular complexity index is 1430. The van der Waals surface area contributed by atoms with E-state index in [0.717, 1.165) is 16.1 Å². The number of benzene rings is 3. The first kappa shape index (κ1) is 31.5. The summed E-state index contributed by atoms with van der Waals surface area (Å²) < 4.78 is 26.9. The lowest BCUT2D eigenvalue weighted by Gasteiger charge is -2.34. The fraction of sp³-hybridized carbons (Fsp3) is 0.333. The summed E-state index contributed by atoms with van der Waals surface area (Å²) in [6.45, 7) is 5.69. The third kappa shape index (κ3) is 8.98. The second-order valence-electron chi connectivity index (χ2n) is 10.2. The highest BCUT2D eigenvalue weighted by Gasteiger charge is 2.33. The molecule has 0 bridgehead atoms. The molecule has 3 aromatic rings. The van der Waals surface area contributed by atoms with Gasteiger partial charge in [0.25, 0.3) is 0 Å². The zero-order chi connectivity index (χ0) is 29.4. The summed E-state index contributed by atoms with van der Waals surface area (Å²) >= 11 is 12.4. The SMILES string of the molecule is Cc1ccc(Cl)cc1N(CC(=O)N(Cc1cccc(Cl)c1)C(Cc1ccccc1)C(=O)NCC(C)C)S(C)(=O)=O. The van der Waals surface area contributed by atoms with Gasteiger partial charge in [0.05, 0.1) is 11.9 Å². The van der Waals surface area contributed by atoms with E-state index in [0.29, 0.717) is 33.4 Å². The van der Waals surface area contributed by atoms with Crippen LogP contribution in [0, 0.1) is 12.8 Å². The number of nitrogens with zero attached hydrogens (tertiary/aromatic N) is 2. The lowest BCUT2D eigenvalue weighted by atomic mass is 10.0. The van der Waals surface area contributed by atoms with Crippen molar-refractivity contribution in [3.63, 3.8) is 0 Å². The highest BCUT2D eigenvalue weighted by Crippen LogP contribution is 2.27. The Balaban J connectivity index is 2.07. The average molecular weight is 605 g/mol. The molecular formula is C30H35Cl2N3O4S. The van der Waals surface area contributed by atoms with E-state index < -0.39 is 28.5 Å². The Morgan fingerprint density at radius 1 is 0.900 bits per heavy atom. The van der Waals surface area contributed by atoms with Gasteiger partial charge < -0.3 is 10.2 Å². The number of anilines is 1. The number of rotatable bonds is 12. The standard InChI is InChI=1S/C30H35Cl2N3O4S/c1-21(2)18-33-30(37)28(16-23-9-6-5-7-10-23)34(19-24-11-8-12-25(31)15-24)29(36)20-35(40(4,38)39)27-17-26(32)14-13-22(27)3/h5-15,17,21,28H,16,18-20H2,1-4H3,(H,33,37). The predicted molar refractivity (Wildman–Crippen MR) is 162 cm³/mol. The minimum Gasteiger partial charge on any atom is -0.354 e. The van der Waals surface area contributed by atoms with Crippen molar-refractivity contribution in [3.05, 3.63) is 99.5 Å². The third-order valence-electron chi connectivity index (χ3n) is 6.32. The van der Waals surface area contributed by atoms with Crippen LogP contribution in [0.1, 0.15) is 30.5 Å². The van der Waals surface area contributed by atoms with Crippen molar-refractivity contribution in [1.29, 1.82) is 0 Å². The van der Waals surface area contributed by atoms with Gasteiger partial charge in [-0.05, 0) is 53.8 Å². The van der Waals surface area contributed by atoms with Crippen LogP contribution < -0.4 is 9.62 Å². The van der Waals surface area contributed by atoms with Gasteiger partial charge in [-0.1, -0.05) is 85.6 Å². The number of carbonyl (C=O) groups excluding carboxylic acids is 2. The van der Waals surface area contributed by atoms with Crippen LogP contribution in [0.25, 0.3) is 0 Å². The number of aryl methyl sites for hydroxylation is 1. The Hall–Kier alpha value is -3.07. The minimum atomic E-state index is -3.89. The Kier molecular flexibility index (Phi) is 11.0. The highest BCUT2D eigenvalue weighted by molar-refractivity contribution is 7.92. The molecule has 1 atom stereocenters. The lowest BCUT2D eigenvalue weighted by Crippen LogP contribution is -2.53. The molecule has 0 fully saturated rings. The summed E-state index contributed by atoms with van der Waals surface area (Å²) in [5.74, 6) is -0.659. The van der Waals surface area contributed by atoms with Gasteiger partial charge in [0.1, 0.15) is 12.6 Å². The Labute approximate surface area is 247 Å². The second-order valence-corrected chi connectivity index (χ2v) is 13.0. The molecular weight excluding hydrogens is 569 g/mol. The maximum atomic E-state index is 14.1. The van der Waals surface area contributed by atoms with Crippen molar-refractivity contribution < 1.29 is 18.0 Å². The summed E-state index contributed by atoms with van der Waals surface area (Å²) in [6, 6.07) is 20.4. The van der Waals surface area contributed by atoms with Crippen LogP contribution >= 0.6 is 23.2 Å². The zero-order valence-electron chi connectivity index (χ0n) is 23.1. The van der Waals surface area contributed by atoms with Crippen molar-refractivity contribution >= 4 is 50.7 Å². The molecule has 0 saturated carbocycles. The molecule has 3 rings (SSSR count). The molecule has 1 unspecified atom stereocenters.